The summed E-state index contributed by atoms with van der Waals surface area (Å²) in [6.07, 6.45) is 1.74. The lowest BCUT2D eigenvalue weighted by Gasteiger charge is -2.47. The number of benzene rings is 2. The van der Waals surface area contributed by atoms with Gasteiger partial charge in [-0.1, -0.05) is 42.5 Å². The summed E-state index contributed by atoms with van der Waals surface area (Å²) in [7, 11) is 0. The summed E-state index contributed by atoms with van der Waals surface area (Å²) in [5.41, 5.74) is 3.24. The number of rotatable bonds is 5. The molecule has 0 amide bonds. The Labute approximate surface area is 186 Å². The first-order valence-electron chi connectivity index (χ1n) is 10.0. The fourth-order valence-corrected chi connectivity index (χ4v) is 4.38. The number of piperidine rings is 2. The number of halogens is 2. The topological polar surface area (TPSA) is 44.7 Å². The second kappa shape index (κ2) is 10.6. The van der Waals surface area contributed by atoms with Gasteiger partial charge in [0.15, 0.2) is 0 Å². The Hall–Kier alpha value is -1.30. The van der Waals surface area contributed by atoms with Crippen molar-refractivity contribution >= 4 is 24.8 Å². The standard InChI is InChI=1S/C23H30N2O2.2ClH/c1-18-6-2-3-8-20(18)17-27-22-9-5-4-7-19(22)15-25-13-11-23(26)10-12-24-14-21(23)16-25;;/h2-9,21,24,26H,10-17H2,1H3;2*1H/t21-,23-;;/m0../s1. The summed E-state index contributed by atoms with van der Waals surface area (Å²) < 4.78 is 6.18. The van der Waals surface area contributed by atoms with Gasteiger partial charge in [-0.05, 0) is 43.5 Å². The van der Waals surface area contributed by atoms with Crippen LogP contribution in [0.4, 0.5) is 0 Å². The van der Waals surface area contributed by atoms with E-state index in [1.807, 2.05) is 6.07 Å². The molecule has 0 saturated carbocycles. The van der Waals surface area contributed by atoms with Crippen LogP contribution in [0.2, 0.25) is 0 Å². The average molecular weight is 439 g/mol. The molecular weight excluding hydrogens is 407 g/mol. The van der Waals surface area contributed by atoms with Crippen LogP contribution in [-0.4, -0.2) is 41.8 Å². The first-order valence-corrected chi connectivity index (χ1v) is 10.0. The number of hydrogen-bond acceptors (Lipinski definition) is 4. The maximum Gasteiger partial charge on any atom is 0.124 e. The van der Waals surface area contributed by atoms with Crippen molar-refractivity contribution in [1.82, 2.24) is 10.2 Å². The molecule has 2 aromatic carbocycles. The highest BCUT2D eigenvalue weighted by molar-refractivity contribution is 5.85. The Balaban J connectivity index is 0.00000150. The van der Waals surface area contributed by atoms with E-state index in [0.717, 1.165) is 51.3 Å². The van der Waals surface area contributed by atoms with Gasteiger partial charge < -0.3 is 15.2 Å². The molecule has 4 nitrogen and oxygen atoms in total. The van der Waals surface area contributed by atoms with Crippen molar-refractivity contribution in [1.29, 1.82) is 0 Å². The molecule has 2 heterocycles. The van der Waals surface area contributed by atoms with Crippen LogP contribution >= 0.6 is 24.8 Å². The quantitative estimate of drug-likeness (QED) is 0.740. The van der Waals surface area contributed by atoms with Crippen molar-refractivity contribution in [2.75, 3.05) is 26.2 Å². The second-order valence-electron chi connectivity index (χ2n) is 8.06. The molecule has 2 aliphatic heterocycles. The number of nitrogens with zero attached hydrogens (tertiary/aromatic N) is 1. The van der Waals surface area contributed by atoms with E-state index in [0.29, 0.717) is 12.5 Å². The maximum atomic E-state index is 10.9. The highest BCUT2D eigenvalue weighted by Gasteiger charge is 2.42. The molecule has 0 spiro atoms. The minimum atomic E-state index is -0.470. The molecule has 0 aromatic heterocycles. The molecular formula is C23H32Cl2N2O2. The predicted octanol–water partition coefficient (Wildman–Crippen LogP) is 3.96. The molecule has 0 radical (unpaired) electrons. The van der Waals surface area contributed by atoms with Crippen molar-refractivity contribution in [3.05, 3.63) is 65.2 Å². The van der Waals surface area contributed by atoms with Gasteiger partial charge in [0.2, 0.25) is 0 Å². The lowest BCUT2D eigenvalue weighted by Crippen LogP contribution is -2.58. The highest BCUT2D eigenvalue weighted by Crippen LogP contribution is 2.34. The number of fused-ring (bicyclic) bond motifs is 1. The number of para-hydroxylation sites is 1. The van der Waals surface area contributed by atoms with Gasteiger partial charge in [0.25, 0.3) is 0 Å². The Morgan fingerprint density at radius 2 is 1.79 bits per heavy atom. The summed E-state index contributed by atoms with van der Waals surface area (Å²) in [6, 6.07) is 16.7. The Morgan fingerprint density at radius 3 is 2.59 bits per heavy atom. The van der Waals surface area contributed by atoms with E-state index in [1.165, 1.54) is 16.7 Å². The molecule has 4 rings (SSSR count). The predicted molar refractivity (Wildman–Crippen MR) is 122 cm³/mol. The van der Waals surface area contributed by atoms with E-state index in [9.17, 15) is 5.11 Å². The zero-order valence-corrected chi connectivity index (χ0v) is 18.6. The first-order chi connectivity index (χ1) is 13.1. The van der Waals surface area contributed by atoms with Gasteiger partial charge in [0.1, 0.15) is 12.4 Å². The molecule has 0 aliphatic carbocycles. The summed E-state index contributed by atoms with van der Waals surface area (Å²) in [4.78, 5) is 2.46. The molecule has 6 heteroatoms. The number of ether oxygens (including phenoxy) is 1. The summed E-state index contributed by atoms with van der Waals surface area (Å²) in [5.74, 6) is 1.28. The smallest absolute Gasteiger partial charge is 0.124 e. The first kappa shape index (κ1) is 24.0. The van der Waals surface area contributed by atoms with Crippen LogP contribution in [-0.2, 0) is 13.2 Å². The molecule has 2 aromatic rings. The van der Waals surface area contributed by atoms with E-state index >= 15 is 0 Å². The van der Waals surface area contributed by atoms with E-state index in [1.54, 1.807) is 0 Å². The normalized spacial score (nSPS) is 24.0. The third-order valence-corrected chi connectivity index (χ3v) is 6.24. The number of nitrogens with one attached hydrogen (secondary N) is 1. The Morgan fingerprint density at radius 1 is 1.07 bits per heavy atom. The zero-order chi connectivity index (χ0) is 18.7. The van der Waals surface area contributed by atoms with Gasteiger partial charge in [0.05, 0.1) is 5.60 Å². The van der Waals surface area contributed by atoms with Gasteiger partial charge in [-0.3, -0.25) is 4.90 Å². The molecule has 2 atom stereocenters. The zero-order valence-electron chi connectivity index (χ0n) is 17.0. The van der Waals surface area contributed by atoms with Gasteiger partial charge in [0, 0.05) is 37.7 Å². The molecule has 0 bridgehead atoms. The van der Waals surface area contributed by atoms with E-state index in [2.05, 4.69) is 59.6 Å². The molecule has 29 heavy (non-hydrogen) atoms. The molecule has 2 aliphatic rings. The average Bonchev–Trinajstić information content (AvgIpc) is 2.68. The lowest BCUT2D eigenvalue weighted by atomic mass is 9.76. The Kier molecular flexibility index (Phi) is 8.80. The number of aliphatic hydroxyl groups is 1. The fraction of sp³-hybridized carbons (Fsp3) is 0.478. The summed E-state index contributed by atoms with van der Waals surface area (Å²) in [5, 5.41) is 14.3. The van der Waals surface area contributed by atoms with Crippen molar-refractivity contribution in [3.8, 4) is 5.75 Å². The molecule has 2 fully saturated rings. The monoisotopic (exact) mass is 438 g/mol. The van der Waals surface area contributed by atoms with Crippen LogP contribution in [0.3, 0.4) is 0 Å². The van der Waals surface area contributed by atoms with Crippen LogP contribution in [0, 0.1) is 12.8 Å². The Bertz CT molecular complexity index is 789. The van der Waals surface area contributed by atoms with Crippen LogP contribution in [0.15, 0.2) is 48.5 Å². The SMILES string of the molecule is Cc1ccccc1COc1ccccc1CN1CC[C@@]2(O)CCNC[C@H]2C1.Cl.Cl. The van der Waals surface area contributed by atoms with E-state index in [-0.39, 0.29) is 24.8 Å². The van der Waals surface area contributed by atoms with Gasteiger partial charge in [-0.2, -0.15) is 0 Å². The largest absolute Gasteiger partial charge is 0.489 e. The van der Waals surface area contributed by atoms with Gasteiger partial charge in [-0.25, -0.2) is 0 Å². The third-order valence-electron chi connectivity index (χ3n) is 6.24. The number of aryl methyl sites for hydroxylation is 1. The maximum absolute atomic E-state index is 10.9. The minimum absolute atomic E-state index is 0. The van der Waals surface area contributed by atoms with Crippen LogP contribution < -0.4 is 10.1 Å². The number of hydrogen-bond donors (Lipinski definition) is 2. The summed E-state index contributed by atoms with van der Waals surface area (Å²) in [6.45, 7) is 7.32. The highest BCUT2D eigenvalue weighted by atomic mass is 35.5. The second-order valence-corrected chi connectivity index (χ2v) is 8.06. The third kappa shape index (κ3) is 5.65. The van der Waals surface area contributed by atoms with E-state index in [4.69, 9.17) is 4.74 Å². The van der Waals surface area contributed by atoms with Crippen LogP contribution in [0.25, 0.3) is 0 Å². The van der Waals surface area contributed by atoms with Crippen molar-refractivity contribution in [2.45, 2.75) is 38.5 Å². The van der Waals surface area contributed by atoms with E-state index < -0.39 is 5.60 Å². The molecule has 2 saturated heterocycles. The van der Waals surface area contributed by atoms with Crippen LogP contribution in [0.5, 0.6) is 5.75 Å². The molecule has 2 N–H and O–H groups in total. The molecule has 0 unspecified atom stereocenters. The van der Waals surface area contributed by atoms with Crippen molar-refractivity contribution in [2.24, 2.45) is 5.92 Å². The van der Waals surface area contributed by atoms with Gasteiger partial charge >= 0.3 is 0 Å². The van der Waals surface area contributed by atoms with Crippen LogP contribution in [0.1, 0.15) is 29.5 Å². The lowest BCUT2D eigenvalue weighted by molar-refractivity contribution is -0.0900. The van der Waals surface area contributed by atoms with Crippen molar-refractivity contribution < 1.29 is 9.84 Å². The minimum Gasteiger partial charge on any atom is -0.489 e. The molecule has 160 valence electrons. The number of likely N-dealkylation sites (tertiary alicyclic amines) is 1. The summed E-state index contributed by atoms with van der Waals surface area (Å²) >= 11 is 0. The van der Waals surface area contributed by atoms with Crippen molar-refractivity contribution in [3.63, 3.8) is 0 Å². The van der Waals surface area contributed by atoms with Gasteiger partial charge in [-0.15, -0.1) is 24.8 Å². The fourth-order valence-electron chi connectivity index (χ4n) is 4.38.